The highest BCUT2D eigenvalue weighted by Crippen LogP contribution is 2.35. The van der Waals surface area contributed by atoms with E-state index in [1.165, 1.54) is 6.08 Å². The zero-order valence-corrected chi connectivity index (χ0v) is 15.4. The average molecular weight is 364 g/mol. The summed E-state index contributed by atoms with van der Waals surface area (Å²) in [5, 5.41) is 11.9. The van der Waals surface area contributed by atoms with E-state index < -0.39 is 5.54 Å². The fourth-order valence-corrected chi connectivity index (χ4v) is 3.56. The van der Waals surface area contributed by atoms with Crippen molar-refractivity contribution in [2.75, 3.05) is 0 Å². The highest BCUT2D eigenvalue weighted by molar-refractivity contribution is 6.31. The van der Waals surface area contributed by atoms with Gasteiger partial charge in [-0.05, 0) is 25.8 Å². The maximum atomic E-state index is 12.5. The molecule has 0 aromatic carbocycles. The summed E-state index contributed by atoms with van der Waals surface area (Å²) in [6.07, 6.45) is 7.97. The second-order valence-corrected chi connectivity index (χ2v) is 6.87. The molecule has 1 aliphatic rings. The van der Waals surface area contributed by atoms with Gasteiger partial charge < -0.3 is 9.84 Å². The van der Waals surface area contributed by atoms with Crippen molar-refractivity contribution in [3.63, 3.8) is 0 Å². The first-order valence-corrected chi connectivity index (χ1v) is 8.79. The fraction of sp³-hybridized carbons (Fsp3) is 0.529. The average Bonchev–Trinajstić information content (AvgIpc) is 3.11. The lowest BCUT2D eigenvalue weighted by atomic mass is 9.81. The van der Waals surface area contributed by atoms with Crippen molar-refractivity contribution in [1.29, 1.82) is 0 Å². The predicted molar refractivity (Wildman–Crippen MR) is 93.9 cm³/mol. The number of aromatic nitrogens is 4. The van der Waals surface area contributed by atoms with Crippen LogP contribution in [-0.4, -0.2) is 25.8 Å². The van der Waals surface area contributed by atoms with Crippen LogP contribution in [0, 0.1) is 13.8 Å². The summed E-state index contributed by atoms with van der Waals surface area (Å²) < 4.78 is 6.71. The number of carbonyl (C=O) groups is 1. The van der Waals surface area contributed by atoms with Crippen LogP contribution in [0.25, 0.3) is 6.08 Å². The number of nitrogens with zero attached hydrogens (tertiary/aromatic N) is 4. The third-order valence-corrected chi connectivity index (χ3v) is 5.07. The third kappa shape index (κ3) is 3.61. The minimum absolute atomic E-state index is 0.205. The van der Waals surface area contributed by atoms with Crippen molar-refractivity contribution in [3.8, 4) is 0 Å². The summed E-state index contributed by atoms with van der Waals surface area (Å²) in [6.45, 7) is 3.61. The van der Waals surface area contributed by atoms with Crippen molar-refractivity contribution in [2.24, 2.45) is 7.05 Å². The summed E-state index contributed by atoms with van der Waals surface area (Å²) in [7, 11) is 1.77. The van der Waals surface area contributed by atoms with Gasteiger partial charge in [-0.25, -0.2) is 0 Å². The Labute approximate surface area is 151 Å². The largest absolute Gasteiger partial charge is 0.340 e. The lowest BCUT2D eigenvalue weighted by Crippen LogP contribution is -2.47. The SMILES string of the molecule is Cc1nc(C2(NC(=O)/C=C\c3c(C)nn(C)c3Cl)CCCCC2)no1. The molecule has 1 fully saturated rings. The van der Waals surface area contributed by atoms with E-state index in [1.807, 2.05) is 6.92 Å². The second kappa shape index (κ2) is 7.00. The van der Waals surface area contributed by atoms with Crippen LogP contribution in [0.15, 0.2) is 10.6 Å². The van der Waals surface area contributed by atoms with E-state index in [2.05, 4.69) is 20.6 Å². The van der Waals surface area contributed by atoms with E-state index in [9.17, 15) is 4.79 Å². The van der Waals surface area contributed by atoms with Crippen LogP contribution in [-0.2, 0) is 17.4 Å². The molecule has 25 heavy (non-hydrogen) atoms. The molecular weight excluding hydrogens is 342 g/mol. The first-order chi connectivity index (χ1) is 11.9. The molecule has 1 saturated carbocycles. The molecule has 7 nitrogen and oxygen atoms in total. The van der Waals surface area contributed by atoms with Crippen molar-refractivity contribution >= 4 is 23.6 Å². The molecule has 2 aromatic rings. The highest BCUT2D eigenvalue weighted by atomic mass is 35.5. The molecule has 0 unspecified atom stereocenters. The molecule has 2 heterocycles. The van der Waals surface area contributed by atoms with Gasteiger partial charge in [0.25, 0.3) is 0 Å². The smallest absolute Gasteiger partial charge is 0.244 e. The Morgan fingerprint density at radius 3 is 2.60 bits per heavy atom. The summed E-state index contributed by atoms with van der Waals surface area (Å²) >= 11 is 6.20. The first kappa shape index (κ1) is 17.7. The highest BCUT2D eigenvalue weighted by Gasteiger charge is 2.39. The number of halogens is 1. The van der Waals surface area contributed by atoms with Gasteiger partial charge in [0.1, 0.15) is 10.7 Å². The van der Waals surface area contributed by atoms with Gasteiger partial charge in [-0.3, -0.25) is 9.48 Å². The lowest BCUT2D eigenvalue weighted by Gasteiger charge is -2.34. The molecule has 0 saturated heterocycles. The third-order valence-electron chi connectivity index (χ3n) is 4.62. The molecule has 1 N–H and O–H groups in total. The Kier molecular flexibility index (Phi) is 4.94. The number of aryl methyl sites for hydroxylation is 3. The van der Waals surface area contributed by atoms with E-state index in [0.29, 0.717) is 16.9 Å². The summed E-state index contributed by atoms with van der Waals surface area (Å²) in [5.41, 5.74) is 0.954. The molecule has 0 spiro atoms. The Morgan fingerprint density at radius 1 is 1.32 bits per heavy atom. The summed E-state index contributed by atoms with van der Waals surface area (Å²) in [5.74, 6) is 0.855. The molecular formula is C17H22ClN5O2. The first-order valence-electron chi connectivity index (χ1n) is 8.41. The molecule has 0 aliphatic heterocycles. The molecule has 1 amide bonds. The van der Waals surface area contributed by atoms with Crippen LogP contribution < -0.4 is 5.32 Å². The van der Waals surface area contributed by atoms with Crippen molar-refractivity contribution in [2.45, 2.75) is 51.5 Å². The Bertz CT molecular complexity index is 802. The van der Waals surface area contributed by atoms with Gasteiger partial charge in [0.2, 0.25) is 11.8 Å². The number of hydrogen-bond donors (Lipinski definition) is 1. The predicted octanol–water partition coefficient (Wildman–Crippen LogP) is 3.06. The molecule has 8 heteroatoms. The molecule has 2 aromatic heterocycles. The lowest BCUT2D eigenvalue weighted by molar-refractivity contribution is -0.119. The van der Waals surface area contributed by atoms with Crippen molar-refractivity contribution < 1.29 is 9.32 Å². The summed E-state index contributed by atoms with van der Waals surface area (Å²) in [4.78, 5) is 16.9. The van der Waals surface area contributed by atoms with Gasteiger partial charge >= 0.3 is 0 Å². The second-order valence-electron chi connectivity index (χ2n) is 6.52. The topological polar surface area (TPSA) is 85.8 Å². The normalized spacial score (nSPS) is 17.1. The molecule has 3 rings (SSSR count). The van der Waals surface area contributed by atoms with Gasteiger partial charge in [0.05, 0.1) is 5.69 Å². The van der Waals surface area contributed by atoms with Crippen LogP contribution in [0.4, 0.5) is 0 Å². The van der Waals surface area contributed by atoms with Crippen molar-refractivity contribution in [1.82, 2.24) is 25.2 Å². The molecule has 134 valence electrons. The fourth-order valence-electron chi connectivity index (χ4n) is 3.33. The van der Waals surface area contributed by atoms with E-state index in [4.69, 9.17) is 16.1 Å². The Morgan fingerprint density at radius 2 is 2.04 bits per heavy atom. The molecule has 1 aliphatic carbocycles. The number of rotatable bonds is 4. The van der Waals surface area contributed by atoms with Gasteiger partial charge in [0.15, 0.2) is 5.82 Å². The van der Waals surface area contributed by atoms with E-state index >= 15 is 0 Å². The van der Waals surface area contributed by atoms with Gasteiger partial charge in [-0.1, -0.05) is 36.0 Å². The number of amides is 1. The van der Waals surface area contributed by atoms with Crippen LogP contribution in [0.3, 0.4) is 0 Å². The van der Waals surface area contributed by atoms with E-state index in [1.54, 1.807) is 24.7 Å². The van der Waals surface area contributed by atoms with Gasteiger partial charge in [-0.2, -0.15) is 10.1 Å². The molecule has 0 bridgehead atoms. The number of hydrogen-bond acceptors (Lipinski definition) is 5. The van der Waals surface area contributed by atoms with E-state index in [-0.39, 0.29) is 5.91 Å². The standard InChI is InChI=1S/C17H22ClN5O2/c1-11-13(15(18)23(3)21-11)7-8-14(24)20-17(9-5-4-6-10-17)16-19-12(2)25-22-16/h7-8H,4-6,9-10H2,1-3H3,(H,20,24)/b8-7-. The van der Waals surface area contributed by atoms with Crippen LogP contribution >= 0.6 is 11.6 Å². The Balaban J connectivity index is 1.80. The maximum absolute atomic E-state index is 12.5. The Hall–Kier alpha value is -2.15. The van der Waals surface area contributed by atoms with Gasteiger partial charge in [-0.15, -0.1) is 0 Å². The maximum Gasteiger partial charge on any atom is 0.244 e. The van der Waals surface area contributed by atoms with Crippen LogP contribution in [0.1, 0.15) is 55.1 Å². The van der Waals surface area contributed by atoms with Crippen LogP contribution in [0.2, 0.25) is 5.15 Å². The summed E-state index contributed by atoms with van der Waals surface area (Å²) in [6, 6.07) is 0. The molecule has 0 atom stereocenters. The minimum Gasteiger partial charge on any atom is -0.340 e. The van der Waals surface area contributed by atoms with Gasteiger partial charge in [0, 0.05) is 25.6 Å². The zero-order valence-electron chi connectivity index (χ0n) is 14.7. The quantitative estimate of drug-likeness (QED) is 0.843. The zero-order chi connectivity index (χ0) is 18.0. The monoisotopic (exact) mass is 363 g/mol. The number of carbonyl (C=O) groups excluding carboxylic acids is 1. The molecule has 0 radical (unpaired) electrons. The van der Waals surface area contributed by atoms with E-state index in [0.717, 1.165) is 43.4 Å². The minimum atomic E-state index is -0.564. The van der Waals surface area contributed by atoms with Crippen LogP contribution in [0.5, 0.6) is 0 Å². The van der Waals surface area contributed by atoms with Crippen molar-refractivity contribution in [3.05, 3.63) is 34.2 Å². The number of nitrogens with one attached hydrogen (secondary N) is 1.